The lowest BCUT2D eigenvalue weighted by atomic mass is 9.82. The molecule has 2 atom stereocenters. The molecule has 3 saturated heterocycles. The Morgan fingerprint density at radius 2 is 1.92 bits per heavy atom. The molecule has 5 nitrogen and oxygen atoms in total. The fourth-order valence-electron chi connectivity index (χ4n) is 4.93. The Labute approximate surface area is 150 Å². The molecular weight excluding hydrogens is 316 g/mol. The first-order chi connectivity index (χ1) is 12.2. The van der Waals surface area contributed by atoms with E-state index in [0.717, 1.165) is 45.2 Å². The zero-order chi connectivity index (χ0) is 17.3. The second kappa shape index (κ2) is 7.14. The van der Waals surface area contributed by atoms with Crippen molar-refractivity contribution in [1.82, 2.24) is 4.90 Å². The highest BCUT2D eigenvalue weighted by Crippen LogP contribution is 2.43. The van der Waals surface area contributed by atoms with Gasteiger partial charge in [0.25, 0.3) is 0 Å². The van der Waals surface area contributed by atoms with Crippen LogP contribution in [0.5, 0.6) is 5.75 Å². The molecule has 25 heavy (non-hydrogen) atoms. The molecule has 1 aromatic rings. The average molecular weight is 346 g/mol. The Morgan fingerprint density at radius 1 is 1.16 bits per heavy atom. The van der Waals surface area contributed by atoms with Crippen molar-refractivity contribution in [3.63, 3.8) is 0 Å². The molecule has 0 aromatic heterocycles. The molecule has 5 heteroatoms. The normalized spacial score (nSPS) is 30.6. The second-order valence-electron chi connectivity index (χ2n) is 7.85. The maximum atomic E-state index is 5.77. The number of piperidine rings is 1. The van der Waals surface area contributed by atoms with Crippen LogP contribution in [0.2, 0.25) is 0 Å². The zero-order valence-corrected chi connectivity index (χ0v) is 15.4. The highest BCUT2D eigenvalue weighted by atomic mass is 16.5. The molecule has 0 radical (unpaired) electrons. The third-order valence-corrected chi connectivity index (χ3v) is 6.40. The smallest absolute Gasteiger partial charge is 0.119 e. The van der Waals surface area contributed by atoms with Crippen molar-refractivity contribution in [2.75, 3.05) is 65.1 Å². The van der Waals surface area contributed by atoms with Crippen LogP contribution in [-0.4, -0.2) is 71.2 Å². The average Bonchev–Trinajstić information content (AvgIpc) is 3.19. The topological polar surface area (TPSA) is 34.2 Å². The molecule has 0 spiro atoms. The van der Waals surface area contributed by atoms with Gasteiger partial charge in [-0.3, -0.25) is 4.90 Å². The Kier molecular flexibility index (Phi) is 4.89. The van der Waals surface area contributed by atoms with Gasteiger partial charge >= 0.3 is 0 Å². The van der Waals surface area contributed by atoms with E-state index in [9.17, 15) is 0 Å². The van der Waals surface area contributed by atoms with Gasteiger partial charge in [0, 0.05) is 56.4 Å². The number of methoxy groups -OCH3 is 2. The van der Waals surface area contributed by atoms with Crippen molar-refractivity contribution in [2.45, 2.75) is 18.9 Å². The van der Waals surface area contributed by atoms with Crippen LogP contribution in [0, 0.1) is 11.3 Å². The number of hydrogen-bond acceptors (Lipinski definition) is 5. The summed E-state index contributed by atoms with van der Waals surface area (Å²) in [5.74, 6) is 1.57. The van der Waals surface area contributed by atoms with E-state index in [-0.39, 0.29) is 5.41 Å². The van der Waals surface area contributed by atoms with Crippen LogP contribution in [0.25, 0.3) is 0 Å². The van der Waals surface area contributed by atoms with Crippen molar-refractivity contribution >= 4 is 5.69 Å². The van der Waals surface area contributed by atoms with E-state index in [1.165, 1.54) is 25.1 Å². The Morgan fingerprint density at radius 3 is 2.60 bits per heavy atom. The van der Waals surface area contributed by atoms with Gasteiger partial charge < -0.3 is 19.1 Å². The molecule has 3 heterocycles. The van der Waals surface area contributed by atoms with E-state index in [1.807, 2.05) is 7.11 Å². The quantitative estimate of drug-likeness (QED) is 0.817. The van der Waals surface area contributed by atoms with Gasteiger partial charge in [0.05, 0.1) is 26.9 Å². The van der Waals surface area contributed by atoms with Crippen LogP contribution in [0.4, 0.5) is 5.69 Å². The SMILES string of the molecule is COC[C@@]12COC[C@@H]1CN(C1CCN(c3ccc(OC)cc3)CC1)C2. The van der Waals surface area contributed by atoms with E-state index < -0.39 is 0 Å². The van der Waals surface area contributed by atoms with E-state index in [4.69, 9.17) is 14.2 Å². The van der Waals surface area contributed by atoms with Gasteiger partial charge in [0.15, 0.2) is 0 Å². The molecular formula is C20H30N2O3. The first-order valence-electron chi connectivity index (χ1n) is 9.44. The van der Waals surface area contributed by atoms with Crippen molar-refractivity contribution in [1.29, 1.82) is 0 Å². The minimum Gasteiger partial charge on any atom is -0.497 e. The third kappa shape index (κ3) is 3.25. The van der Waals surface area contributed by atoms with Crippen molar-refractivity contribution in [2.24, 2.45) is 11.3 Å². The number of nitrogens with zero attached hydrogens (tertiary/aromatic N) is 2. The molecule has 3 aliphatic heterocycles. The molecule has 0 amide bonds. The summed E-state index contributed by atoms with van der Waals surface area (Å²) in [6.45, 7) is 7.18. The summed E-state index contributed by atoms with van der Waals surface area (Å²) in [7, 11) is 3.54. The standard InChI is InChI=1S/C20H30N2O3/c1-23-14-20-13-22(11-16(20)12-25-15-20)18-7-9-21(10-8-18)17-3-5-19(24-2)6-4-17/h3-6,16,18H,7-15H2,1-2H3/t16-,20-/m0/s1. The van der Waals surface area contributed by atoms with Crippen LogP contribution < -0.4 is 9.64 Å². The number of hydrogen-bond donors (Lipinski definition) is 0. The van der Waals surface area contributed by atoms with Gasteiger partial charge in [-0.1, -0.05) is 0 Å². The maximum Gasteiger partial charge on any atom is 0.119 e. The number of ether oxygens (including phenoxy) is 3. The summed E-state index contributed by atoms with van der Waals surface area (Å²) in [4.78, 5) is 5.22. The second-order valence-corrected chi connectivity index (χ2v) is 7.85. The maximum absolute atomic E-state index is 5.77. The van der Waals surface area contributed by atoms with Gasteiger partial charge in [-0.05, 0) is 37.1 Å². The summed E-state index contributed by atoms with van der Waals surface area (Å²) in [5.41, 5.74) is 1.55. The lowest BCUT2D eigenvalue weighted by Gasteiger charge is -2.38. The summed E-state index contributed by atoms with van der Waals surface area (Å²) in [6.07, 6.45) is 2.48. The Bertz CT molecular complexity index is 571. The van der Waals surface area contributed by atoms with E-state index in [2.05, 4.69) is 34.1 Å². The zero-order valence-electron chi connectivity index (χ0n) is 15.4. The summed E-state index contributed by atoms with van der Waals surface area (Å²) in [5, 5.41) is 0. The van der Waals surface area contributed by atoms with Crippen LogP contribution in [0.3, 0.4) is 0 Å². The Balaban J connectivity index is 1.34. The molecule has 138 valence electrons. The molecule has 0 saturated carbocycles. The monoisotopic (exact) mass is 346 g/mol. The number of anilines is 1. The highest BCUT2D eigenvalue weighted by Gasteiger charge is 2.51. The highest BCUT2D eigenvalue weighted by molar-refractivity contribution is 5.49. The van der Waals surface area contributed by atoms with E-state index >= 15 is 0 Å². The van der Waals surface area contributed by atoms with Crippen LogP contribution in [0.1, 0.15) is 12.8 Å². The summed E-state index contributed by atoms with van der Waals surface area (Å²) < 4.78 is 16.6. The van der Waals surface area contributed by atoms with Crippen molar-refractivity contribution < 1.29 is 14.2 Å². The summed E-state index contributed by atoms with van der Waals surface area (Å²) >= 11 is 0. The summed E-state index contributed by atoms with van der Waals surface area (Å²) in [6, 6.07) is 9.15. The first-order valence-corrected chi connectivity index (χ1v) is 9.44. The van der Waals surface area contributed by atoms with Crippen molar-refractivity contribution in [3.8, 4) is 5.75 Å². The molecule has 4 rings (SSSR count). The molecule has 0 unspecified atom stereocenters. The first kappa shape index (κ1) is 17.1. The van der Waals surface area contributed by atoms with Gasteiger partial charge in [-0.2, -0.15) is 0 Å². The lowest BCUT2D eigenvalue weighted by Crippen LogP contribution is -2.45. The van der Waals surface area contributed by atoms with E-state index in [1.54, 1.807) is 7.11 Å². The van der Waals surface area contributed by atoms with Crippen LogP contribution in [0.15, 0.2) is 24.3 Å². The number of rotatable bonds is 5. The molecule has 3 fully saturated rings. The number of likely N-dealkylation sites (tertiary alicyclic amines) is 1. The minimum atomic E-state index is 0.238. The minimum absolute atomic E-state index is 0.238. The van der Waals surface area contributed by atoms with Crippen molar-refractivity contribution in [3.05, 3.63) is 24.3 Å². The largest absolute Gasteiger partial charge is 0.497 e. The van der Waals surface area contributed by atoms with Crippen LogP contribution in [-0.2, 0) is 9.47 Å². The number of benzene rings is 1. The van der Waals surface area contributed by atoms with Crippen LogP contribution >= 0.6 is 0 Å². The fourth-order valence-corrected chi connectivity index (χ4v) is 4.93. The molecule has 3 aliphatic rings. The lowest BCUT2D eigenvalue weighted by molar-refractivity contribution is 0.0469. The Hall–Kier alpha value is -1.30. The number of fused-ring (bicyclic) bond motifs is 1. The molecule has 0 N–H and O–H groups in total. The predicted molar refractivity (Wildman–Crippen MR) is 98.4 cm³/mol. The van der Waals surface area contributed by atoms with Gasteiger partial charge in [-0.15, -0.1) is 0 Å². The van der Waals surface area contributed by atoms with Gasteiger partial charge in [0.1, 0.15) is 5.75 Å². The van der Waals surface area contributed by atoms with E-state index in [0.29, 0.717) is 12.0 Å². The predicted octanol–water partition coefficient (Wildman–Crippen LogP) is 2.26. The fraction of sp³-hybridized carbons (Fsp3) is 0.700. The van der Waals surface area contributed by atoms with Gasteiger partial charge in [0.2, 0.25) is 0 Å². The molecule has 1 aromatic carbocycles. The molecule has 0 aliphatic carbocycles. The van der Waals surface area contributed by atoms with Gasteiger partial charge in [-0.25, -0.2) is 0 Å². The molecule has 0 bridgehead atoms. The third-order valence-electron chi connectivity index (χ3n) is 6.40.